The normalized spacial score (nSPS) is 14.1. The van der Waals surface area contributed by atoms with Crippen molar-refractivity contribution in [3.05, 3.63) is 33.1 Å². The Morgan fingerprint density at radius 3 is 2.67 bits per heavy atom. The number of benzene rings is 1. The van der Waals surface area contributed by atoms with Gasteiger partial charge >= 0.3 is 0 Å². The number of aliphatic hydroxyl groups is 1. The van der Waals surface area contributed by atoms with Gasteiger partial charge in [-0.25, -0.2) is 4.39 Å². The highest BCUT2D eigenvalue weighted by Crippen LogP contribution is 2.31. The Morgan fingerprint density at radius 1 is 1.56 bits per heavy atom. The first-order valence-electron chi connectivity index (χ1n) is 5.37. The Hall–Kier alpha value is -1.40. The van der Waals surface area contributed by atoms with E-state index in [0.717, 1.165) is 6.07 Å². The van der Waals surface area contributed by atoms with Crippen LogP contribution in [0.1, 0.15) is 13.8 Å². The molecule has 2 unspecified atom stereocenters. The summed E-state index contributed by atoms with van der Waals surface area (Å²) < 4.78 is 13.2. The summed E-state index contributed by atoms with van der Waals surface area (Å²) in [6, 6.07) is 1.74. The van der Waals surface area contributed by atoms with Gasteiger partial charge in [-0.1, -0.05) is 18.5 Å². The number of nitro groups is 1. The van der Waals surface area contributed by atoms with E-state index in [-0.39, 0.29) is 35.0 Å². The van der Waals surface area contributed by atoms with Gasteiger partial charge in [-0.15, -0.1) is 0 Å². The van der Waals surface area contributed by atoms with Crippen LogP contribution >= 0.6 is 11.6 Å². The molecule has 7 heteroatoms. The van der Waals surface area contributed by atoms with E-state index in [9.17, 15) is 14.5 Å². The molecule has 18 heavy (non-hydrogen) atoms. The van der Waals surface area contributed by atoms with E-state index in [1.807, 2.05) is 0 Å². The molecule has 1 rings (SSSR count). The van der Waals surface area contributed by atoms with Gasteiger partial charge in [0.25, 0.3) is 5.69 Å². The molecule has 1 aromatic carbocycles. The maximum absolute atomic E-state index is 13.2. The molecule has 0 saturated heterocycles. The number of nitrogens with one attached hydrogen (secondary N) is 1. The molecule has 0 saturated carbocycles. The van der Waals surface area contributed by atoms with Crippen molar-refractivity contribution in [3.63, 3.8) is 0 Å². The lowest BCUT2D eigenvalue weighted by Gasteiger charge is -2.20. The van der Waals surface area contributed by atoms with Gasteiger partial charge in [-0.3, -0.25) is 10.1 Å². The predicted molar refractivity (Wildman–Crippen MR) is 67.4 cm³/mol. The number of nitro benzene ring substituents is 1. The lowest BCUT2D eigenvalue weighted by atomic mass is 10.0. The van der Waals surface area contributed by atoms with Crippen molar-refractivity contribution in [2.75, 3.05) is 11.9 Å². The summed E-state index contributed by atoms with van der Waals surface area (Å²) in [7, 11) is 0. The number of hydrogen-bond acceptors (Lipinski definition) is 4. The smallest absolute Gasteiger partial charge is 0.295 e. The largest absolute Gasteiger partial charge is 0.396 e. The third-order valence-electron chi connectivity index (χ3n) is 2.76. The fraction of sp³-hybridized carbons (Fsp3) is 0.455. The van der Waals surface area contributed by atoms with Gasteiger partial charge in [0.2, 0.25) is 0 Å². The van der Waals surface area contributed by atoms with Crippen LogP contribution in [0.25, 0.3) is 0 Å². The fourth-order valence-electron chi connectivity index (χ4n) is 1.35. The molecule has 5 nitrogen and oxygen atoms in total. The third-order valence-corrected chi connectivity index (χ3v) is 3.05. The van der Waals surface area contributed by atoms with E-state index in [1.54, 1.807) is 13.8 Å². The van der Waals surface area contributed by atoms with Crippen molar-refractivity contribution in [1.82, 2.24) is 0 Å². The average Bonchev–Trinajstić information content (AvgIpc) is 2.31. The van der Waals surface area contributed by atoms with Crippen molar-refractivity contribution in [3.8, 4) is 0 Å². The molecule has 0 aliphatic heterocycles. The topological polar surface area (TPSA) is 75.4 Å². The number of aliphatic hydroxyl groups excluding tert-OH is 1. The fourth-order valence-corrected chi connectivity index (χ4v) is 1.51. The molecule has 1 aromatic rings. The maximum atomic E-state index is 13.2. The molecule has 0 heterocycles. The molecule has 2 N–H and O–H groups in total. The minimum Gasteiger partial charge on any atom is -0.396 e. The molecular weight excluding hydrogens is 263 g/mol. The highest BCUT2D eigenvalue weighted by atomic mass is 35.5. The molecule has 100 valence electrons. The van der Waals surface area contributed by atoms with E-state index < -0.39 is 10.7 Å². The van der Waals surface area contributed by atoms with Gasteiger partial charge < -0.3 is 10.4 Å². The Labute approximate surface area is 109 Å². The second kappa shape index (κ2) is 5.97. The SMILES string of the molecule is CC(CO)C(C)Nc1cc(Cl)c(F)cc1[N+](=O)[O-]. The second-order valence-electron chi connectivity index (χ2n) is 4.13. The number of halogens is 2. The lowest BCUT2D eigenvalue weighted by Crippen LogP contribution is -2.26. The van der Waals surface area contributed by atoms with E-state index in [4.69, 9.17) is 16.7 Å². The van der Waals surface area contributed by atoms with Crippen LogP contribution in [0.5, 0.6) is 0 Å². The monoisotopic (exact) mass is 276 g/mol. The van der Waals surface area contributed by atoms with Crippen LogP contribution in [0.4, 0.5) is 15.8 Å². The highest BCUT2D eigenvalue weighted by Gasteiger charge is 2.20. The van der Waals surface area contributed by atoms with Crippen LogP contribution in [0.2, 0.25) is 5.02 Å². The highest BCUT2D eigenvalue weighted by molar-refractivity contribution is 6.31. The van der Waals surface area contributed by atoms with Crippen molar-refractivity contribution in [2.45, 2.75) is 19.9 Å². The van der Waals surface area contributed by atoms with Gasteiger partial charge in [-0.05, 0) is 18.9 Å². The first kappa shape index (κ1) is 14.7. The molecule has 0 amide bonds. The van der Waals surface area contributed by atoms with E-state index >= 15 is 0 Å². The van der Waals surface area contributed by atoms with Gasteiger partial charge in [0.05, 0.1) is 16.0 Å². The van der Waals surface area contributed by atoms with E-state index in [2.05, 4.69) is 5.32 Å². The molecule has 0 bridgehead atoms. The molecule has 2 atom stereocenters. The van der Waals surface area contributed by atoms with Crippen LogP contribution in [-0.4, -0.2) is 22.7 Å². The molecule has 0 radical (unpaired) electrons. The Bertz CT molecular complexity index is 456. The van der Waals surface area contributed by atoms with Crippen LogP contribution in [-0.2, 0) is 0 Å². The maximum Gasteiger partial charge on any atom is 0.295 e. The Balaban J connectivity index is 3.07. The number of nitrogens with zero attached hydrogens (tertiary/aromatic N) is 1. The summed E-state index contributed by atoms with van der Waals surface area (Å²) in [4.78, 5) is 10.1. The summed E-state index contributed by atoms with van der Waals surface area (Å²) >= 11 is 5.60. The second-order valence-corrected chi connectivity index (χ2v) is 4.54. The van der Waals surface area contributed by atoms with E-state index in [0.29, 0.717) is 0 Å². The zero-order valence-electron chi connectivity index (χ0n) is 9.98. The molecule has 0 aliphatic rings. The van der Waals surface area contributed by atoms with Gasteiger partial charge in [-0.2, -0.15) is 0 Å². The molecule has 0 aliphatic carbocycles. The van der Waals surface area contributed by atoms with Crippen molar-refractivity contribution < 1.29 is 14.4 Å². The lowest BCUT2D eigenvalue weighted by molar-refractivity contribution is -0.384. The van der Waals surface area contributed by atoms with Gasteiger partial charge in [0.15, 0.2) is 0 Å². The zero-order valence-corrected chi connectivity index (χ0v) is 10.7. The number of anilines is 1. The van der Waals surface area contributed by atoms with Crippen LogP contribution < -0.4 is 5.32 Å². The van der Waals surface area contributed by atoms with Gasteiger partial charge in [0.1, 0.15) is 11.5 Å². The molecular formula is C11H14ClFN2O3. The van der Waals surface area contributed by atoms with Crippen LogP contribution in [0, 0.1) is 21.8 Å². The molecule has 0 fully saturated rings. The minimum atomic E-state index is -0.836. The Kier molecular flexibility index (Phi) is 4.86. The summed E-state index contributed by atoms with van der Waals surface area (Å²) in [5, 5.41) is 22.5. The van der Waals surface area contributed by atoms with Crippen molar-refractivity contribution in [1.29, 1.82) is 0 Å². The number of rotatable bonds is 5. The zero-order chi connectivity index (χ0) is 13.9. The molecule has 0 aromatic heterocycles. The standard InChI is InChI=1S/C11H14ClFN2O3/c1-6(5-16)7(2)14-10-3-8(12)9(13)4-11(10)15(17)18/h3-4,6-7,14,16H,5H2,1-2H3. The van der Waals surface area contributed by atoms with E-state index in [1.165, 1.54) is 6.07 Å². The van der Waals surface area contributed by atoms with Crippen molar-refractivity contribution >= 4 is 23.0 Å². The van der Waals surface area contributed by atoms with Crippen LogP contribution in [0.3, 0.4) is 0 Å². The van der Waals surface area contributed by atoms with Gasteiger partial charge in [0, 0.05) is 12.6 Å². The Morgan fingerprint density at radius 2 is 2.17 bits per heavy atom. The summed E-state index contributed by atoms with van der Waals surface area (Å²) in [6.07, 6.45) is 0. The predicted octanol–water partition coefficient (Wildman–Crippen LogP) is 2.82. The summed E-state index contributed by atoms with van der Waals surface area (Å²) in [5.41, 5.74) is -0.243. The van der Waals surface area contributed by atoms with Crippen molar-refractivity contribution in [2.24, 2.45) is 5.92 Å². The van der Waals surface area contributed by atoms with Crippen LogP contribution in [0.15, 0.2) is 12.1 Å². The minimum absolute atomic E-state index is 0.0586. The first-order chi connectivity index (χ1) is 8.36. The summed E-state index contributed by atoms with van der Waals surface area (Å²) in [5.74, 6) is -0.940. The quantitative estimate of drug-likeness (QED) is 0.640. The molecule has 0 spiro atoms. The first-order valence-corrected chi connectivity index (χ1v) is 5.75. The third kappa shape index (κ3) is 3.30. The average molecular weight is 277 g/mol. The summed E-state index contributed by atoms with van der Waals surface area (Å²) in [6.45, 7) is 3.49. The number of hydrogen-bond donors (Lipinski definition) is 2.